The fourth-order valence-corrected chi connectivity index (χ4v) is 3.07. The number of hydrogen-bond acceptors (Lipinski definition) is 3. The first-order chi connectivity index (χ1) is 12.1. The predicted molar refractivity (Wildman–Crippen MR) is 96.8 cm³/mol. The first kappa shape index (κ1) is 15.3. The van der Waals surface area contributed by atoms with Gasteiger partial charge in [-0.15, -0.1) is 0 Å². The second-order valence-corrected chi connectivity index (χ2v) is 6.05. The normalized spacial score (nSPS) is 11.1. The highest BCUT2D eigenvalue weighted by Gasteiger charge is 2.17. The first-order valence-corrected chi connectivity index (χ1v) is 8.06. The van der Waals surface area contributed by atoms with Crippen LogP contribution in [0.2, 0.25) is 0 Å². The average molecular weight is 332 g/mol. The lowest BCUT2D eigenvalue weighted by Gasteiger charge is -2.14. The molecule has 0 atom stereocenters. The number of nitrogens with zero attached hydrogens (tertiary/aromatic N) is 3. The number of halogens is 1. The van der Waals surface area contributed by atoms with Gasteiger partial charge in [0.1, 0.15) is 11.6 Å². The molecule has 2 heterocycles. The van der Waals surface area contributed by atoms with Gasteiger partial charge >= 0.3 is 0 Å². The zero-order valence-electron chi connectivity index (χ0n) is 13.8. The van der Waals surface area contributed by atoms with Gasteiger partial charge in [0.25, 0.3) is 0 Å². The van der Waals surface area contributed by atoms with Crippen molar-refractivity contribution in [3.8, 4) is 11.1 Å². The molecule has 5 heteroatoms. The standard InChI is InChI=1S/C20H17FN4/c1-13-10-18-23-17(11-14-6-3-2-4-7-14)19(20(22)25(18)24-13)15-8-5-9-16(21)12-15/h2-10,12H,11,22H2,1H3. The van der Waals surface area contributed by atoms with E-state index in [0.29, 0.717) is 23.4 Å². The summed E-state index contributed by atoms with van der Waals surface area (Å²) in [6.07, 6.45) is 0.609. The fraction of sp³-hybridized carbons (Fsp3) is 0.100. The minimum Gasteiger partial charge on any atom is -0.383 e. The lowest BCUT2D eigenvalue weighted by Crippen LogP contribution is -2.08. The number of rotatable bonds is 3. The fourth-order valence-electron chi connectivity index (χ4n) is 3.07. The molecule has 0 spiro atoms. The number of anilines is 1. The van der Waals surface area contributed by atoms with Crippen LogP contribution in [0.25, 0.3) is 16.8 Å². The lowest BCUT2D eigenvalue weighted by molar-refractivity contribution is 0.628. The molecule has 0 amide bonds. The van der Waals surface area contributed by atoms with Crippen LogP contribution in [-0.4, -0.2) is 14.6 Å². The number of aryl methyl sites for hydroxylation is 1. The molecular weight excluding hydrogens is 315 g/mol. The van der Waals surface area contributed by atoms with E-state index in [1.165, 1.54) is 12.1 Å². The number of nitrogens with two attached hydrogens (primary N) is 1. The van der Waals surface area contributed by atoms with Gasteiger partial charge in [0.2, 0.25) is 0 Å². The second kappa shape index (κ2) is 6.02. The van der Waals surface area contributed by atoms with Gasteiger partial charge in [-0.25, -0.2) is 9.37 Å². The smallest absolute Gasteiger partial charge is 0.157 e. The summed E-state index contributed by atoms with van der Waals surface area (Å²) in [7, 11) is 0. The summed E-state index contributed by atoms with van der Waals surface area (Å²) in [4.78, 5) is 4.76. The van der Waals surface area contributed by atoms with Gasteiger partial charge in [-0.3, -0.25) is 0 Å². The van der Waals surface area contributed by atoms with Crippen LogP contribution in [0.5, 0.6) is 0 Å². The SMILES string of the molecule is Cc1cc2nc(Cc3ccccc3)c(-c3cccc(F)c3)c(N)n2n1. The second-order valence-electron chi connectivity index (χ2n) is 6.05. The monoisotopic (exact) mass is 332 g/mol. The molecular formula is C20H17FN4. The maximum Gasteiger partial charge on any atom is 0.157 e. The molecule has 0 aliphatic carbocycles. The van der Waals surface area contributed by atoms with Gasteiger partial charge in [-0.1, -0.05) is 42.5 Å². The summed E-state index contributed by atoms with van der Waals surface area (Å²) in [6.45, 7) is 1.90. The van der Waals surface area contributed by atoms with Gasteiger partial charge in [0, 0.05) is 18.1 Å². The Morgan fingerprint density at radius 1 is 1.04 bits per heavy atom. The van der Waals surface area contributed by atoms with Crippen LogP contribution < -0.4 is 5.73 Å². The number of fused-ring (bicyclic) bond motifs is 1. The number of aromatic nitrogens is 3. The van der Waals surface area contributed by atoms with Gasteiger partial charge in [-0.05, 0) is 30.2 Å². The lowest BCUT2D eigenvalue weighted by atomic mass is 9.99. The average Bonchev–Trinajstić information content (AvgIpc) is 2.97. The van der Waals surface area contributed by atoms with Crippen molar-refractivity contribution in [3.63, 3.8) is 0 Å². The van der Waals surface area contributed by atoms with E-state index in [9.17, 15) is 4.39 Å². The summed E-state index contributed by atoms with van der Waals surface area (Å²) in [5.74, 6) is 0.161. The van der Waals surface area contributed by atoms with Crippen molar-refractivity contribution in [3.05, 3.63) is 83.4 Å². The zero-order chi connectivity index (χ0) is 17.4. The van der Waals surface area contributed by atoms with E-state index in [1.807, 2.05) is 49.4 Å². The van der Waals surface area contributed by atoms with Crippen LogP contribution in [0.3, 0.4) is 0 Å². The van der Waals surface area contributed by atoms with E-state index in [0.717, 1.165) is 22.5 Å². The van der Waals surface area contributed by atoms with Crippen molar-refractivity contribution in [2.75, 3.05) is 5.73 Å². The highest BCUT2D eigenvalue weighted by molar-refractivity contribution is 5.78. The van der Waals surface area contributed by atoms with Gasteiger partial charge in [0.15, 0.2) is 5.65 Å². The Morgan fingerprint density at radius 2 is 1.84 bits per heavy atom. The number of benzene rings is 2. The third-order valence-electron chi connectivity index (χ3n) is 4.16. The molecule has 0 fully saturated rings. The Bertz CT molecular complexity index is 1050. The molecule has 0 saturated heterocycles. The maximum atomic E-state index is 13.8. The molecule has 2 aromatic carbocycles. The van der Waals surface area contributed by atoms with Crippen molar-refractivity contribution in [1.29, 1.82) is 0 Å². The predicted octanol–water partition coefficient (Wildman–Crippen LogP) is 4.02. The van der Waals surface area contributed by atoms with Crippen LogP contribution in [0.15, 0.2) is 60.7 Å². The number of hydrogen-bond donors (Lipinski definition) is 1. The zero-order valence-corrected chi connectivity index (χ0v) is 13.8. The largest absolute Gasteiger partial charge is 0.383 e. The molecule has 25 heavy (non-hydrogen) atoms. The molecule has 0 aliphatic heterocycles. The van der Waals surface area contributed by atoms with Crippen LogP contribution in [0.4, 0.5) is 10.2 Å². The summed E-state index contributed by atoms with van der Waals surface area (Å²) >= 11 is 0. The Morgan fingerprint density at radius 3 is 2.60 bits per heavy atom. The molecule has 0 saturated carbocycles. The van der Waals surface area contributed by atoms with Crippen LogP contribution in [0, 0.1) is 12.7 Å². The van der Waals surface area contributed by atoms with Gasteiger partial charge < -0.3 is 5.73 Å². The molecule has 124 valence electrons. The van der Waals surface area contributed by atoms with Crippen molar-refractivity contribution >= 4 is 11.5 Å². The van der Waals surface area contributed by atoms with E-state index in [1.54, 1.807) is 10.6 Å². The molecule has 0 radical (unpaired) electrons. The molecule has 2 aromatic heterocycles. The van der Waals surface area contributed by atoms with Crippen LogP contribution >= 0.6 is 0 Å². The van der Waals surface area contributed by atoms with E-state index in [-0.39, 0.29) is 5.82 Å². The quantitative estimate of drug-likeness (QED) is 0.616. The molecule has 4 aromatic rings. The molecule has 0 aliphatic rings. The van der Waals surface area contributed by atoms with E-state index in [4.69, 9.17) is 10.7 Å². The van der Waals surface area contributed by atoms with Crippen LogP contribution in [-0.2, 0) is 6.42 Å². The summed E-state index contributed by atoms with van der Waals surface area (Å²) in [6, 6.07) is 18.3. The Hall–Kier alpha value is -3.21. The number of nitrogen functional groups attached to an aromatic ring is 1. The van der Waals surface area contributed by atoms with E-state index >= 15 is 0 Å². The molecule has 2 N–H and O–H groups in total. The Kier molecular flexibility index (Phi) is 3.69. The van der Waals surface area contributed by atoms with Crippen LogP contribution in [0.1, 0.15) is 17.0 Å². The molecule has 4 rings (SSSR count). The highest BCUT2D eigenvalue weighted by Crippen LogP contribution is 2.31. The Balaban J connectivity index is 1.97. The van der Waals surface area contributed by atoms with Gasteiger partial charge in [-0.2, -0.15) is 9.61 Å². The first-order valence-electron chi connectivity index (χ1n) is 8.06. The minimum atomic E-state index is -0.306. The van der Waals surface area contributed by atoms with Crippen molar-refractivity contribution in [1.82, 2.24) is 14.6 Å². The molecule has 0 bridgehead atoms. The topological polar surface area (TPSA) is 56.2 Å². The minimum absolute atomic E-state index is 0.306. The molecule has 0 unspecified atom stereocenters. The molecule has 4 nitrogen and oxygen atoms in total. The van der Waals surface area contributed by atoms with Crippen molar-refractivity contribution in [2.45, 2.75) is 13.3 Å². The Labute approximate surface area is 144 Å². The van der Waals surface area contributed by atoms with E-state index < -0.39 is 0 Å². The third kappa shape index (κ3) is 2.85. The van der Waals surface area contributed by atoms with Crippen molar-refractivity contribution in [2.24, 2.45) is 0 Å². The summed E-state index contributed by atoms with van der Waals surface area (Å²) < 4.78 is 15.4. The summed E-state index contributed by atoms with van der Waals surface area (Å²) in [5.41, 5.74) is 11.3. The maximum absolute atomic E-state index is 13.8. The van der Waals surface area contributed by atoms with Crippen molar-refractivity contribution < 1.29 is 4.39 Å². The summed E-state index contributed by atoms with van der Waals surface area (Å²) in [5, 5.41) is 4.40. The highest BCUT2D eigenvalue weighted by atomic mass is 19.1. The van der Waals surface area contributed by atoms with E-state index in [2.05, 4.69) is 5.10 Å². The van der Waals surface area contributed by atoms with Gasteiger partial charge in [0.05, 0.1) is 11.4 Å². The third-order valence-corrected chi connectivity index (χ3v) is 4.16.